The van der Waals surface area contributed by atoms with Crippen LogP contribution in [0.3, 0.4) is 0 Å². The van der Waals surface area contributed by atoms with E-state index >= 15 is 0 Å². The van der Waals surface area contributed by atoms with Crippen LogP contribution in [0.2, 0.25) is 0 Å². The number of urea groups is 1. The molecule has 6 heteroatoms. The summed E-state index contributed by atoms with van der Waals surface area (Å²) in [5.41, 5.74) is -0.207. The summed E-state index contributed by atoms with van der Waals surface area (Å²) in [7, 11) is 0. The first-order valence-corrected chi connectivity index (χ1v) is 8.19. The normalized spacial score (nSPS) is 23.8. The second-order valence-corrected chi connectivity index (χ2v) is 8.41. The van der Waals surface area contributed by atoms with Gasteiger partial charge in [0, 0.05) is 30.1 Å². The van der Waals surface area contributed by atoms with Gasteiger partial charge in [0.2, 0.25) is 0 Å². The molecule has 2 fully saturated rings. The summed E-state index contributed by atoms with van der Waals surface area (Å²) in [6.45, 7) is 6.30. The fourth-order valence-electron chi connectivity index (χ4n) is 2.98. The molecule has 114 valence electrons. The molecule has 2 rings (SSSR count). The summed E-state index contributed by atoms with van der Waals surface area (Å²) in [5.74, 6) is 0.190. The fraction of sp³-hybridized carbons (Fsp3) is 0.857. The zero-order valence-electron chi connectivity index (χ0n) is 12.3. The van der Waals surface area contributed by atoms with Crippen molar-refractivity contribution in [2.75, 3.05) is 25.4 Å². The van der Waals surface area contributed by atoms with Crippen LogP contribution in [0.5, 0.6) is 0 Å². The molecule has 2 N–H and O–H groups in total. The molecule has 1 saturated heterocycles. The van der Waals surface area contributed by atoms with Crippen molar-refractivity contribution in [3.63, 3.8) is 0 Å². The molecule has 0 bridgehead atoms. The Morgan fingerprint density at radius 2 is 2.05 bits per heavy atom. The van der Waals surface area contributed by atoms with Crippen molar-refractivity contribution in [2.45, 2.75) is 44.3 Å². The van der Waals surface area contributed by atoms with Gasteiger partial charge in [-0.2, -0.15) is 11.8 Å². The molecule has 0 spiro atoms. The number of carboxylic acid groups (broad SMARTS) is 1. The van der Waals surface area contributed by atoms with E-state index < -0.39 is 5.97 Å². The molecule has 0 aromatic heterocycles. The van der Waals surface area contributed by atoms with E-state index in [0.29, 0.717) is 6.54 Å². The number of carbonyl (C=O) groups is 2. The van der Waals surface area contributed by atoms with Gasteiger partial charge in [0.05, 0.1) is 6.42 Å². The van der Waals surface area contributed by atoms with Crippen LogP contribution in [0.1, 0.15) is 39.5 Å². The third kappa shape index (κ3) is 3.81. The minimum Gasteiger partial charge on any atom is -0.481 e. The lowest BCUT2D eigenvalue weighted by Crippen LogP contribution is -2.52. The SMILES string of the molecule is CC1(C)CN(C(=O)NCC2(CC(=O)O)CCC2)CCS1. The van der Waals surface area contributed by atoms with E-state index in [1.807, 2.05) is 16.7 Å². The van der Waals surface area contributed by atoms with Crippen molar-refractivity contribution in [1.29, 1.82) is 0 Å². The van der Waals surface area contributed by atoms with Crippen molar-refractivity contribution < 1.29 is 14.7 Å². The zero-order valence-corrected chi connectivity index (χ0v) is 13.1. The van der Waals surface area contributed by atoms with E-state index in [1.54, 1.807) is 0 Å². The van der Waals surface area contributed by atoms with Crippen LogP contribution in [0.4, 0.5) is 4.79 Å². The van der Waals surface area contributed by atoms with E-state index in [-0.39, 0.29) is 22.6 Å². The van der Waals surface area contributed by atoms with E-state index in [1.165, 1.54) is 0 Å². The van der Waals surface area contributed by atoms with Crippen molar-refractivity contribution in [1.82, 2.24) is 10.2 Å². The van der Waals surface area contributed by atoms with Gasteiger partial charge >= 0.3 is 12.0 Å². The Hall–Kier alpha value is -0.910. The predicted molar refractivity (Wildman–Crippen MR) is 80.0 cm³/mol. The Labute approximate surface area is 124 Å². The van der Waals surface area contributed by atoms with E-state index in [0.717, 1.165) is 38.1 Å². The van der Waals surface area contributed by atoms with Crippen LogP contribution in [-0.2, 0) is 4.79 Å². The maximum Gasteiger partial charge on any atom is 0.317 e. The van der Waals surface area contributed by atoms with E-state index in [9.17, 15) is 9.59 Å². The molecular formula is C14H24N2O3S. The highest BCUT2D eigenvalue weighted by molar-refractivity contribution is 8.00. The number of hydrogen-bond acceptors (Lipinski definition) is 3. The molecule has 1 aliphatic carbocycles. The van der Waals surface area contributed by atoms with Gasteiger partial charge in [-0.05, 0) is 32.1 Å². The molecule has 0 radical (unpaired) electrons. The third-order valence-corrected chi connectivity index (χ3v) is 5.57. The smallest absolute Gasteiger partial charge is 0.317 e. The summed E-state index contributed by atoms with van der Waals surface area (Å²) in [5, 5.41) is 11.9. The number of nitrogens with one attached hydrogen (secondary N) is 1. The van der Waals surface area contributed by atoms with Crippen molar-refractivity contribution in [3.8, 4) is 0 Å². The Morgan fingerprint density at radius 1 is 1.35 bits per heavy atom. The second kappa shape index (κ2) is 5.84. The number of amides is 2. The molecular weight excluding hydrogens is 276 g/mol. The highest BCUT2D eigenvalue weighted by Crippen LogP contribution is 2.43. The number of thioether (sulfide) groups is 1. The molecule has 1 heterocycles. The number of hydrogen-bond donors (Lipinski definition) is 2. The minimum atomic E-state index is -0.769. The van der Waals surface area contributed by atoms with E-state index in [2.05, 4.69) is 19.2 Å². The first kappa shape index (κ1) is 15.5. The summed E-state index contributed by atoms with van der Waals surface area (Å²) >= 11 is 1.89. The summed E-state index contributed by atoms with van der Waals surface area (Å²) < 4.78 is 0.102. The Bertz CT molecular complexity index is 394. The molecule has 1 aliphatic heterocycles. The van der Waals surface area contributed by atoms with Gasteiger partial charge < -0.3 is 15.3 Å². The number of carboxylic acids is 1. The lowest BCUT2D eigenvalue weighted by atomic mass is 9.66. The summed E-state index contributed by atoms with van der Waals surface area (Å²) in [6.07, 6.45) is 3.03. The van der Waals surface area contributed by atoms with Crippen LogP contribution in [-0.4, -0.2) is 52.1 Å². The average Bonchev–Trinajstić information content (AvgIpc) is 2.30. The molecule has 20 heavy (non-hydrogen) atoms. The van der Waals surface area contributed by atoms with Gasteiger partial charge in [-0.1, -0.05) is 6.42 Å². The molecule has 0 aromatic carbocycles. The zero-order chi connectivity index (χ0) is 14.8. The quantitative estimate of drug-likeness (QED) is 0.835. The fourth-order valence-corrected chi connectivity index (χ4v) is 4.09. The number of rotatable bonds is 4. The Kier molecular flexibility index (Phi) is 4.52. The predicted octanol–water partition coefficient (Wildman–Crippen LogP) is 2.17. The number of nitrogens with zero attached hydrogens (tertiary/aromatic N) is 1. The Balaban J connectivity index is 1.84. The van der Waals surface area contributed by atoms with Crippen LogP contribution >= 0.6 is 11.8 Å². The van der Waals surface area contributed by atoms with Gasteiger partial charge in [-0.25, -0.2) is 4.79 Å². The number of carbonyl (C=O) groups excluding carboxylic acids is 1. The Morgan fingerprint density at radius 3 is 2.55 bits per heavy atom. The van der Waals surface area contributed by atoms with Gasteiger partial charge in [-0.3, -0.25) is 4.79 Å². The maximum atomic E-state index is 12.2. The molecule has 0 unspecified atom stereocenters. The topological polar surface area (TPSA) is 69.6 Å². The highest BCUT2D eigenvalue weighted by Gasteiger charge is 2.40. The van der Waals surface area contributed by atoms with Crippen molar-refractivity contribution >= 4 is 23.8 Å². The van der Waals surface area contributed by atoms with Gasteiger partial charge in [-0.15, -0.1) is 0 Å². The van der Waals surface area contributed by atoms with Crippen molar-refractivity contribution in [2.24, 2.45) is 5.41 Å². The monoisotopic (exact) mass is 300 g/mol. The molecule has 0 atom stereocenters. The van der Waals surface area contributed by atoms with Gasteiger partial charge in [0.25, 0.3) is 0 Å². The molecule has 1 saturated carbocycles. The van der Waals surface area contributed by atoms with Crippen LogP contribution in [0.15, 0.2) is 0 Å². The highest BCUT2D eigenvalue weighted by atomic mass is 32.2. The van der Waals surface area contributed by atoms with Gasteiger partial charge in [0.1, 0.15) is 0 Å². The lowest BCUT2D eigenvalue weighted by molar-refractivity contribution is -0.141. The minimum absolute atomic E-state index is 0.0463. The van der Waals surface area contributed by atoms with Crippen molar-refractivity contribution in [3.05, 3.63) is 0 Å². The summed E-state index contributed by atoms with van der Waals surface area (Å²) in [4.78, 5) is 25.0. The van der Waals surface area contributed by atoms with Crippen LogP contribution < -0.4 is 5.32 Å². The second-order valence-electron chi connectivity index (χ2n) is 6.61. The van der Waals surface area contributed by atoms with E-state index in [4.69, 9.17) is 5.11 Å². The standard InChI is InChI=1S/C14H24N2O3S/c1-13(2)10-16(6-7-20-13)12(19)15-9-14(4-3-5-14)8-11(17)18/h3-10H2,1-2H3,(H,15,19)(H,17,18). The first-order chi connectivity index (χ1) is 9.32. The lowest BCUT2D eigenvalue weighted by Gasteiger charge is -2.42. The number of aliphatic carboxylic acids is 1. The summed E-state index contributed by atoms with van der Waals surface area (Å²) in [6, 6.07) is -0.0463. The molecule has 0 aromatic rings. The largest absolute Gasteiger partial charge is 0.481 e. The maximum absolute atomic E-state index is 12.2. The average molecular weight is 300 g/mol. The molecule has 2 aliphatic rings. The molecule has 5 nitrogen and oxygen atoms in total. The van der Waals surface area contributed by atoms with Crippen LogP contribution in [0.25, 0.3) is 0 Å². The van der Waals surface area contributed by atoms with Gasteiger partial charge in [0.15, 0.2) is 0 Å². The van der Waals surface area contributed by atoms with Crippen LogP contribution in [0, 0.1) is 5.41 Å². The first-order valence-electron chi connectivity index (χ1n) is 7.21. The molecule has 2 amide bonds. The third-order valence-electron chi connectivity index (χ3n) is 4.27.